The van der Waals surface area contributed by atoms with E-state index in [9.17, 15) is 0 Å². The van der Waals surface area contributed by atoms with Crippen LogP contribution >= 0.6 is 0 Å². The first-order valence-corrected chi connectivity index (χ1v) is 2.60. The van der Waals surface area contributed by atoms with Crippen LogP contribution in [-0.4, -0.2) is 23.1 Å². The van der Waals surface area contributed by atoms with E-state index in [2.05, 4.69) is 20.8 Å². The molecule has 0 fully saturated rings. The van der Waals surface area contributed by atoms with Gasteiger partial charge in [-0.3, -0.25) is 0 Å². The average Bonchev–Trinajstić information content (AvgIpc) is 1.65. The summed E-state index contributed by atoms with van der Waals surface area (Å²) in [4.78, 5) is 0. The fourth-order valence-electron chi connectivity index (χ4n) is 0.204. The predicted octanol–water partition coefficient (Wildman–Crippen LogP) is -1.12. The number of rotatable bonds is 2. The van der Waals surface area contributed by atoms with Crippen LogP contribution in [0.5, 0.6) is 0 Å². The summed E-state index contributed by atoms with van der Waals surface area (Å²) >= 11 is 0. The maximum atomic E-state index is 3.76. The molecule has 0 bridgehead atoms. The van der Waals surface area contributed by atoms with Gasteiger partial charge in [0.2, 0.25) is 0 Å². The first-order valence-electron chi connectivity index (χ1n) is 2.60. The Morgan fingerprint density at radius 1 is 1.50 bits per heavy atom. The molecule has 0 unspecified atom stereocenters. The van der Waals surface area contributed by atoms with Gasteiger partial charge < -0.3 is 23.9 Å². The van der Waals surface area contributed by atoms with Gasteiger partial charge in [-0.05, 0) is 0 Å². The molecule has 0 N–H and O–H groups in total. The summed E-state index contributed by atoms with van der Waals surface area (Å²) in [6, 6.07) is 0. The molecule has 0 amide bonds. The first kappa shape index (κ1) is 16.1. The zero-order valence-electron chi connectivity index (χ0n) is 5.78. The van der Waals surface area contributed by atoms with Crippen molar-refractivity contribution < 1.29 is 17.0 Å². The molecule has 0 aromatic carbocycles. The maximum absolute atomic E-state index is 3.76. The normalized spacial score (nSPS) is 10.9. The van der Waals surface area contributed by atoms with Gasteiger partial charge in [0.15, 0.2) is 0 Å². The molecule has 0 saturated carbocycles. The second-order valence-corrected chi connectivity index (χ2v) is 1.80. The maximum Gasteiger partial charge on any atom is 2.00 e. The zero-order valence-corrected chi connectivity index (χ0v) is 8.78. The van der Waals surface area contributed by atoms with Crippen molar-refractivity contribution in [2.24, 2.45) is 5.92 Å². The molecule has 46 valence electrons. The predicted molar refractivity (Wildman–Crippen MR) is 35.2 cm³/mol. The summed E-state index contributed by atoms with van der Waals surface area (Å²) in [5.41, 5.74) is 0. The molecule has 0 aliphatic rings. The summed E-state index contributed by atoms with van der Waals surface area (Å²) < 4.78 is 0. The van der Waals surface area contributed by atoms with Crippen molar-refractivity contribution >= 4 is 23.1 Å². The monoisotopic (exact) mass is 188 g/mol. The molecule has 0 rings (SSSR count). The standard InChI is InChI=1S/C6H13.BrH.Mg/c1-4-6(3)5-2;;/h6H,1,4-5H2,2-3H3;1H;/q-1;;+2/p-1/t6-;;/m1../s1. The molecule has 0 spiro atoms. The van der Waals surface area contributed by atoms with Crippen molar-refractivity contribution in [1.82, 2.24) is 0 Å². The summed E-state index contributed by atoms with van der Waals surface area (Å²) in [5, 5.41) is 0. The Bertz CT molecular complexity index is 27.7. The smallest absolute Gasteiger partial charge is 1.00 e. The summed E-state index contributed by atoms with van der Waals surface area (Å²) in [6.07, 6.45) is 2.35. The van der Waals surface area contributed by atoms with Crippen LogP contribution in [0.15, 0.2) is 0 Å². The topological polar surface area (TPSA) is 0 Å². The minimum atomic E-state index is 0. The second kappa shape index (κ2) is 11.1. The van der Waals surface area contributed by atoms with Gasteiger partial charge in [-0.1, -0.05) is 26.2 Å². The van der Waals surface area contributed by atoms with E-state index in [4.69, 9.17) is 0 Å². The van der Waals surface area contributed by atoms with Gasteiger partial charge in [0, 0.05) is 0 Å². The minimum absolute atomic E-state index is 0. The van der Waals surface area contributed by atoms with Crippen molar-refractivity contribution in [3.63, 3.8) is 0 Å². The Balaban J connectivity index is -0.000000125. The number of hydrogen-bond acceptors (Lipinski definition) is 0. The molecular formula is C6H13BrMg. The Kier molecular flexibility index (Phi) is 22.4. The van der Waals surface area contributed by atoms with E-state index in [1.54, 1.807) is 0 Å². The van der Waals surface area contributed by atoms with Gasteiger partial charge >= 0.3 is 23.1 Å². The van der Waals surface area contributed by atoms with Gasteiger partial charge in [-0.15, -0.1) is 0 Å². The van der Waals surface area contributed by atoms with Gasteiger partial charge in [-0.2, -0.15) is 6.42 Å². The zero-order chi connectivity index (χ0) is 4.99. The number of halogens is 1. The quantitative estimate of drug-likeness (QED) is 0.381. The van der Waals surface area contributed by atoms with Crippen LogP contribution < -0.4 is 17.0 Å². The van der Waals surface area contributed by atoms with Crippen LogP contribution in [0, 0.1) is 12.8 Å². The summed E-state index contributed by atoms with van der Waals surface area (Å²) in [5.74, 6) is 0.824. The van der Waals surface area contributed by atoms with Crippen LogP contribution in [0.25, 0.3) is 0 Å². The third-order valence-corrected chi connectivity index (χ3v) is 1.19. The van der Waals surface area contributed by atoms with Crippen molar-refractivity contribution in [1.29, 1.82) is 0 Å². The van der Waals surface area contributed by atoms with Crippen molar-refractivity contribution in [2.45, 2.75) is 26.7 Å². The Labute approximate surface area is 79.3 Å². The van der Waals surface area contributed by atoms with Gasteiger partial charge in [-0.25, -0.2) is 0 Å². The summed E-state index contributed by atoms with van der Waals surface area (Å²) in [6.45, 7) is 8.16. The fraction of sp³-hybridized carbons (Fsp3) is 0.833. The Hall–Kier alpha value is 1.25. The van der Waals surface area contributed by atoms with E-state index < -0.39 is 0 Å². The van der Waals surface area contributed by atoms with Crippen molar-refractivity contribution in [3.8, 4) is 0 Å². The van der Waals surface area contributed by atoms with Crippen LogP contribution in [0.3, 0.4) is 0 Å². The SMILES string of the molecule is [Br-].[CH2-]C[C@@H](C)CC.[Mg+2]. The molecule has 0 heterocycles. The van der Waals surface area contributed by atoms with E-state index in [1.807, 2.05) is 0 Å². The van der Waals surface area contributed by atoms with Crippen molar-refractivity contribution in [3.05, 3.63) is 6.92 Å². The van der Waals surface area contributed by atoms with E-state index in [1.165, 1.54) is 6.42 Å². The Morgan fingerprint density at radius 3 is 1.88 bits per heavy atom. The molecular weight excluding hydrogens is 176 g/mol. The second-order valence-electron chi connectivity index (χ2n) is 1.80. The molecule has 2 heteroatoms. The molecule has 0 aromatic heterocycles. The molecule has 0 aromatic rings. The Morgan fingerprint density at radius 2 is 1.88 bits per heavy atom. The van der Waals surface area contributed by atoms with Crippen LogP contribution in [0.1, 0.15) is 26.7 Å². The number of hydrogen-bond donors (Lipinski definition) is 0. The third kappa shape index (κ3) is 10.3. The summed E-state index contributed by atoms with van der Waals surface area (Å²) in [7, 11) is 0. The van der Waals surface area contributed by atoms with E-state index >= 15 is 0 Å². The minimum Gasteiger partial charge on any atom is -1.00 e. The fourth-order valence-corrected chi connectivity index (χ4v) is 0.204. The average molecular weight is 189 g/mol. The molecule has 8 heavy (non-hydrogen) atoms. The van der Waals surface area contributed by atoms with Crippen LogP contribution in [0.4, 0.5) is 0 Å². The van der Waals surface area contributed by atoms with Gasteiger partial charge in [0.25, 0.3) is 0 Å². The molecule has 0 saturated heterocycles. The van der Waals surface area contributed by atoms with E-state index in [-0.39, 0.29) is 40.0 Å². The molecule has 0 radical (unpaired) electrons. The largest absolute Gasteiger partial charge is 2.00 e. The van der Waals surface area contributed by atoms with Crippen molar-refractivity contribution in [2.75, 3.05) is 0 Å². The molecule has 0 aliphatic heterocycles. The molecule has 0 aliphatic carbocycles. The van der Waals surface area contributed by atoms with Gasteiger partial charge in [0.1, 0.15) is 0 Å². The molecule has 0 nitrogen and oxygen atoms in total. The van der Waals surface area contributed by atoms with Crippen LogP contribution in [0.2, 0.25) is 0 Å². The first-order chi connectivity index (χ1) is 2.81. The van der Waals surface area contributed by atoms with Gasteiger partial charge in [0.05, 0.1) is 0 Å². The molecule has 1 atom stereocenters. The van der Waals surface area contributed by atoms with Crippen LogP contribution in [-0.2, 0) is 0 Å². The third-order valence-electron chi connectivity index (χ3n) is 1.19. The van der Waals surface area contributed by atoms with E-state index in [0.717, 1.165) is 12.3 Å². The van der Waals surface area contributed by atoms with E-state index in [0.29, 0.717) is 0 Å².